The molecule has 1 aliphatic heterocycles. The second kappa shape index (κ2) is 8.49. The van der Waals surface area contributed by atoms with Crippen molar-refractivity contribution in [3.05, 3.63) is 0 Å². The number of nitrogens with zero attached hydrogens (tertiary/aromatic N) is 1. The normalized spacial score (nSPS) is 18.4. The van der Waals surface area contributed by atoms with Gasteiger partial charge in [0.2, 0.25) is 5.91 Å². The van der Waals surface area contributed by atoms with Gasteiger partial charge in [-0.2, -0.15) is 0 Å². The molecule has 0 aromatic carbocycles. The average molecular weight is 299 g/mol. The van der Waals surface area contributed by atoms with Crippen molar-refractivity contribution in [1.82, 2.24) is 15.5 Å². The van der Waals surface area contributed by atoms with Gasteiger partial charge in [0.1, 0.15) is 0 Å². The molecule has 120 valence electrons. The van der Waals surface area contributed by atoms with Gasteiger partial charge in [-0.3, -0.25) is 9.59 Å². The maximum atomic E-state index is 11.9. The van der Waals surface area contributed by atoms with Crippen LogP contribution in [0.3, 0.4) is 0 Å². The van der Waals surface area contributed by atoms with Crippen molar-refractivity contribution in [2.45, 2.75) is 33.1 Å². The lowest BCUT2D eigenvalue weighted by atomic mass is 9.99. The predicted molar refractivity (Wildman–Crippen MR) is 77.8 cm³/mol. The Bertz CT molecular complexity index is 384. The van der Waals surface area contributed by atoms with Gasteiger partial charge in [0.25, 0.3) is 0 Å². The summed E-state index contributed by atoms with van der Waals surface area (Å²) in [5.41, 5.74) is 0. The maximum absolute atomic E-state index is 11.9. The largest absolute Gasteiger partial charge is 0.481 e. The number of nitrogens with one attached hydrogen (secondary N) is 2. The van der Waals surface area contributed by atoms with Crippen LogP contribution in [-0.2, 0) is 9.59 Å². The highest BCUT2D eigenvalue weighted by Crippen LogP contribution is 2.16. The SMILES string of the molecule is CC(C)CNC(=O)CCNC(=O)N1CCC[C@H](C(=O)O)C1. The number of urea groups is 1. The molecular formula is C14H25N3O4. The molecule has 3 N–H and O–H groups in total. The number of rotatable bonds is 6. The van der Waals surface area contributed by atoms with Crippen molar-refractivity contribution < 1.29 is 19.5 Å². The Morgan fingerprint density at radius 2 is 2.00 bits per heavy atom. The van der Waals surface area contributed by atoms with Crippen molar-refractivity contribution in [3.63, 3.8) is 0 Å². The number of aliphatic carboxylic acids is 1. The summed E-state index contributed by atoms with van der Waals surface area (Å²) in [5, 5.41) is 14.4. The first-order chi connectivity index (χ1) is 9.90. The van der Waals surface area contributed by atoms with E-state index in [4.69, 9.17) is 5.11 Å². The lowest BCUT2D eigenvalue weighted by Crippen LogP contribution is -2.47. The third kappa shape index (κ3) is 6.46. The molecule has 0 aromatic heterocycles. The fourth-order valence-electron chi connectivity index (χ4n) is 2.16. The second-order valence-corrected chi connectivity index (χ2v) is 5.80. The molecular weight excluding hydrogens is 274 g/mol. The Morgan fingerprint density at radius 1 is 1.29 bits per heavy atom. The lowest BCUT2D eigenvalue weighted by molar-refractivity contribution is -0.143. The summed E-state index contributed by atoms with van der Waals surface area (Å²) in [7, 11) is 0. The van der Waals surface area contributed by atoms with Crippen LogP contribution in [-0.4, -0.2) is 54.1 Å². The first-order valence-corrected chi connectivity index (χ1v) is 7.42. The molecule has 0 saturated carbocycles. The van der Waals surface area contributed by atoms with Gasteiger partial charge in [0.15, 0.2) is 0 Å². The number of likely N-dealkylation sites (tertiary alicyclic amines) is 1. The summed E-state index contributed by atoms with van der Waals surface area (Å²) in [6, 6.07) is -0.294. The highest BCUT2D eigenvalue weighted by molar-refractivity contribution is 5.79. The molecule has 0 bridgehead atoms. The molecule has 1 rings (SSSR count). The van der Waals surface area contributed by atoms with E-state index in [9.17, 15) is 14.4 Å². The third-order valence-corrected chi connectivity index (χ3v) is 3.39. The molecule has 0 aliphatic carbocycles. The van der Waals surface area contributed by atoms with E-state index in [1.54, 1.807) is 0 Å². The Morgan fingerprint density at radius 3 is 2.62 bits per heavy atom. The van der Waals surface area contributed by atoms with Crippen LogP contribution in [0, 0.1) is 11.8 Å². The van der Waals surface area contributed by atoms with Crippen molar-refractivity contribution in [2.75, 3.05) is 26.2 Å². The van der Waals surface area contributed by atoms with Gasteiger partial charge in [-0.1, -0.05) is 13.8 Å². The quantitative estimate of drug-likeness (QED) is 0.671. The molecule has 0 spiro atoms. The average Bonchev–Trinajstić information content (AvgIpc) is 2.45. The first kappa shape index (κ1) is 17.3. The van der Waals surface area contributed by atoms with Crippen LogP contribution in [0.1, 0.15) is 33.1 Å². The fourth-order valence-corrected chi connectivity index (χ4v) is 2.16. The van der Waals surface area contributed by atoms with Gasteiger partial charge in [-0.05, 0) is 18.8 Å². The summed E-state index contributed by atoms with van der Waals surface area (Å²) < 4.78 is 0. The molecule has 1 atom stereocenters. The fraction of sp³-hybridized carbons (Fsp3) is 0.786. The highest BCUT2D eigenvalue weighted by atomic mass is 16.4. The van der Waals surface area contributed by atoms with Gasteiger partial charge in [0, 0.05) is 32.6 Å². The van der Waals surface area contributed by atoms with Crippen LogP contribution < -0.4 is 10.6 Å². The molecule has 7 heteroatoms. The first-order valence-electron chi connectivity index (χ1n) is 7.42. The minimum atomic E-state index is -0.861. The highest BCUT2D eigenvalue weighted by Gasteiger charge is 2.27. The van der Waals surface area contributed by atoms with Crippen molar-refractivity contribution in [3.8, 4) is 0 Å². The number of carboxylic acids is 1. The number of hydrogen-bond acceptors (Lipinski definition) is 3. The molecule has 21 heavy (non-hydrogen) atoms. The van der Waals surface area contributed by atoms with Crippen LogP contribution in [0.4, 0.5) is 4.79 Å². The van der Waals surface area contributed by atoms with Crippen molar-refractivity contribution >= 4 is 17.9 Å². The second-order valence-electron chi connectivity index (χ2n) is 5.80. The van der Waals surface area contributed by atoms with E-state index in [2.05, 4.69) is 10.6 Å². The van der Waals surface area contributed by atoms with Crippen LogP contribution in [0.15, 0.2) is 0 Å². The van der Waals surface area contributed by atoms with E-state index >= 15 is 0 Å². The van der Waals surface area contributed by atoms with Crippen LogP contribution in [0.25, 0.3) is 0 Å². The van der Waals surface area contributed by atoms with E-state index in [0.29, 0.717) is 31.8 Å². The molecule has 3 amide bonds. The summed E-state index contributed by atoms with van der Waals surface area (Å²) in [6.45, 7) is 5.71. The Kier molecular flexibility index (Phi) is 6.98. The van der Waals surface area contributed by atoms with Gasteiger partial charge in [-0.25, -0.2) is 4.79 Å². The van der Waals surface area contributed by atoms with E-state index in [0.717, 1.165) is 0 Å². The van der Waals surface area contributed by atoms with E-state index in [-0.39, 0.29) is 31.4 Å². The lowest BCUT2D eigenvalue weighted by Gasteiger charge is -2.30. The smallest absolute Gasteiger partial charge is 0.317 e. The number of carbonyl (C=O) groups is 3. The van der Waals surface area contributed by atoms with E-state index in [1.807, 2.05) is 13.8 Å². The molecule has 0 unspecified atom stereocenters. The molecule has 0 radical (unpaired) electrons. The molecule has 0 aromatic rings. The number of amides is 3. The Balaban J connectivity index is 2.24. The monoisotopic (exact) mass is 299 g/mol. The Labute approximate surface area is 125 Å². The number of carbonyl (C=O) groups excluding carboxylic acids is 2. The molecule has 1 heterocycles. The third-order valence-electron chi connectivity index (χ3n) is 3.39. The zero-order valence-electron chi connectivity index (χ0n) is 12.7. The van der Waals surface area contributed by atoms with E-state index in [1.165, 1.54) is 4.90 Å². The number of carboxylic acid groups (broad SMARTS) is 1. The molecule has 1 aliphatic rings. The molecule has 1 fully saturated rings. The van der Waals surface area contributed by atoms with E-state index < -0.39 is 11.9 Å². The zero-order chi connectivity index (χ0) is 15.8. The van der Waals surface area contributed by atoms with Crippen LogP contribution in [0.2, 0.25) is 0 Å². The summed E-state index contributed by atoms with van der Waals surface area (Å²) in [4.78, 5) is 35.8. The maximum Gasteiger partial charge on any atom is 0.317 e. The topological polar surface area (TPSA) is 98.7 Å². The minimum Gasteiger partial charge on any atom is -0.481 e. The van der Waals surface area contributed by atoms with Crippen molar-refractivity contribution in [1.29, 1.82) is 0 Å². The predicted octanol–water partition coefficient (Wildman–Crippen LogP) is 0.655. The Hall–Kier alpha value is -1.79. The van der Waals surface area contributed by atoms with Crippen molar-refractivity contribution in [2.24, 2.45) is 11.8 Å². The van der Waals surface area contributed by atoms with Gasteiger partial charge >= 0.3 is 12.0 Å². The molecule has 1 saturated heterocycles. The van der Waals surface area contributed by atoms with Gasteiger partial charge in [-0.15, -0.1) is 0 Å². The zero-order valence-corrected chi connectivity index (χ0v) is 12.7. The summed E-state index contributed by atoms with van der Waals surface area (Å²) >= 11 is 0. The van der Waals surface area contributed by atoms with Crippen LogP contribution in [0.5, 0.6) is 0 Å². The summed E-state index contributed by atoms with van der Waals surface area (Å²) in [5.74, 6) is -1.05. The minimum absolute atomic E-state index is 0.0916. The van der Waals surface area contributed by atoms with Crippen LogP contribution >= 0.6 is 0 Å². The number of piperidine rings is 1. The van der Waals surface area contributed by atoms with Gasteiger partial charge < -0.3 is 20.6 Å². The number of hydrogen-bond donors (Lipinski definition) is 3. The summed E-state index contributed by atoms with van der Waals surface area (Å²) in [6.07, 6.45) is 1.53. The standard InChI is InChI=1S/C14H25N3O4/c1-10(2)8-16-12(18)5-6-15-14(21)17-7-3-4-11(9-17)13(19)20/h10-11H,3-9H2,1-2H3,(H,15,21)(H,16,18)(H,19,20)/t11-/m0/s1. The van der Waals surface area contributed by atoms with Gasteiger partial charge in [0.05, 0.1) is 5.92 Å². The molecule has 7 nitrogen and oxygen atoms in total.